The Labute approximate surface area is 157 Å². The second kappa shape index (κ2) is 9.56. The van der Waals surface area contributed by atoms with Gasteiger partial charge in [-0.1, -0.05) is 6.92 Å². The summed E-state index contributed by atoms with van der Waals surface area (Å²) in [5, 5.41) is 15.0. The molecule has 9 heteroatoms. The lowest BCUT2D eigenvalue weighted by atomic mass is 10.3. The molecular weight excluding hydrogens is 354 g/mol. The number of carbonyl (C=O) groups excluding carboxylic acids is 1. The Morgan fingerprint density at radius 1 is 1.11 bits per heavy atom. The third-order valence-corrected chi connectivity index (χ3v) is 3.72. The molecule has 146 valence electrons. The maximum absolute atomic E-state index is 11.9. The number of hydrogen-bond donors (Lipinski definition) is 0. The summed E-state index contributed by atoms with van der Waals surface area (Å²) in [5.74, 6) is 0.876. The Morgan fingerprint density at radius 3 is 2.22 bits per heavy atom. The van der Waals surface area contributed by atoms with E-state index in [9.17, 15) is 14.9 Å². The van der Waals surface area contributed by atoms with Crippen LogP contribution in [-0.4, -0.2) is 40.5 Å². The van der Waals surface area contributed by atoms with Gasteiger partial charge in [0.15, 0.2) is 0 Å². The molecule has 0 bridgehead atoms. The average molecular weight is 377 g/mol. The summed E-state index contributed by atoms with van der Waals surface area (Å²) in [7, 11) is 0. The minimum atomic E-state index is -0.539. The Bertz CT molecular complexity index is 785. The van der Waals surface area contributed by atoms with Gasteiger partial charge in [-0.15, -0.1) is 0 Å². The molecule has 1 aromatic heterocycles. The fraction of sp³-hybridized carbons (Fsp3) is 0.444. The van der Waals surface area contributed by atoms with E-state index in [4.69, 9.17) is 14.2 Å². The number of esters is 1. The van der Waals surface area contributed by atoms with Gasteiger partial charge in [-0.25, -0.2) is 0 Å². The molecule has 27 heavy (non-hydrogen) atoms. The summed E-state index contributed by atoms with van der Waals surface area (Å²) in [6.45, 7) is 5.83. The van der Waals surface area contributed by atoms with Crippen molar-refractivity contribution in [2.45, 2.75) is 33.7 Å². The molecule has 0 saturated heterocycles. The van der Waals surface area contributed by atoms with E-state index in [1.54, 1.807) is 19.1 Å². The van der Waals surface area contributed by atoms with E-state index >= 15 is 0 Å². The van der Waals surface area contributed by atoms with E-state index in [-0.39, 0.29) is 31.1 Å². The predicted octanol–water partition coefficient (Wildman–Crippen LogP) is 2.82. The number of rotatable bonds is 10. The normalized spacial score (nSPS) is 10.5. The van der Waals surface area contributed by atoms with Crippen LogP contribution in [0.4, 0.5) is 5.69 Å². The Balaban J connectivity index is 1.75. The number of nitro groups is 1. The Kier molecular flexibility index (Phi) is 7.16. The van der Waals surface area contributed by atoms with Gasteiger partial charge in [-0.3, -0.25) is 19.6 Å². The van der Waals surface area contributed by atoms with Gasteiger partial charge in [-0.2, -0.15) is 5.10 Å². The summed E-state index contributed by atoms with van der Waals surface area (Å²) in [5.41, 5.74) is 0.494. The van der Waals surface area contributed by atoms with Crippen molar-refractivity contribution in [1.82, 2.24) is 9.78 Å². The molecule has 2 aromatic rings. The Hall–Kier alpha value is -3.10. The first kappa shape index (κ1) is 20.2. The van der Waals surface area contributed by atoms with E-state index < -0.39 is 10.9 Å². The highest BCUT2D eigenvalue weighted by molar-refractivity contribution is 5.69. The average Bonchev–Trinajstić information content (AvgIpc) is 2.91. The lowest BCUT2D eigenvalue weighted by Crippen LogP contribution is -2.18. The fourth-order valence-corrected chi connectivity index (χ4v) is 2.44. The van der Waals surface area contributed by atoms with Crippen LogP contribution >= 0.6 is 0 Å². The highest BCUT2D eigenvalue weighted by atomic mass is 16.6. The van der Waals surface area contributed by atoms with Crippen molar-refractivity contribution in [3.8, 4) is 11.5 Å². The van der Waals surface area contributed by atoms with Crippen LogP contribution in [0.1, 0.15) is 24.7 Å². The minimum absolute atomic E-state index is 0.0638. The van der Waals surface area contributed by atoms with Crippen LogP contribution in [0.5, 0.6) is 11.5 Å². The highest BCUT2D eigenvalue weighted by Crippen LogP contribution is 2.21. The molecule has 0 N–H and O–H groups in total. The van der Waals surface area contributed by atoms with Crippen molar-refractivity contribution in [2.75, 3.05) is 19.8 Å². The van der Waals surface area contributed by atoms with Crippen LogP contribution in [0.25, 0.3) is 0 Å². The van der Waals surface area contributed by atoms with Crippen molar-refractivity contribution >= 4 is 11.7 Å². The van der Waals surface area contributed by atoms with E-state index in [0.29, 0.717) is 18.1 Å². The van der Waals surface area contributed by atoms with Crippen LogP contribution in [-0.2, 0) is 16.1 Å². The zero-order valence-corrected chi connectivity index (χ0v) is 15.6. The zero-order valence-electron chi connectivity index (χ0n) is 15.6. The van der Waals surface area contributed by atoms with Crippen LogP contribution in [0.15, 0.2) is 24.3 Å². The number of benzene rings is 1. The molecule has 0 saturated carbocycles. The summed E-state index contributed by atoms with van der Waals surface area (Å²) < 4.78 is 17.3. The molecule has 2 rings (SSSR count). The van der Waals surface area contributed by atoms with Crippen LogP contribution in [0.2, 0.25) is 0 Å². The van der Waals surface area contributed by atoms with Gasteiger partial charge < -0.3 is 14.2 Å². The zero-order chi connectivity index (χ0) is 19.8. The summed E-state index contributed by atoms with van der Waals surface area (Å²) in [4.78, 5) is 22.4. The SMILES string of the molecule is CCCOc1ccc(OCCOC(=O)Cn2nc(C)c([N+](=O)[O-])c2C)cc1. The predicted molar refractivity (Wildman–Crippen MR) is 97.0 cm³/mol. The second-order valence-corrected chi connectivity index (χ2v) is 5.82. The first-order valence-corrected chi connectivity index (χ1v) is 8.62. The van der Waals surface area contributed by atoms with Gasteiger partial charge in [-0.05, 0) is 44.5 Å². The maximum atomic E-state index is 11.9. The molecule has 0 amide bonds. The van der Waals surface area contributed by atoms with E-state index in [0.717, 1.165) is 12.2 Å². The largest absolute Gasteiger partial charge is 0.494 e. The Morgan fingerprint density at radius 2 is 1.70 bits per heavy atom. The topological polar surface area (TPSA) is 106 Å². The highest BCUT2D eigenvalue weighted by Gasteiger charge is 2.22. The van der Waals surface area contributed by atoms with Gasteiger partial charge in [0.1, 0.15) is 42.6 Å². The summed E-state index contributed by atoms with van der Waals surface area (Å²) in [6, 6.07) is 7.18. The maximum Gasteiger partial charge on any atom is 0.327 e. The quantitative estimate of drug-likeness (QED) is 0.271. The van der Waals surface area contributed by atoms with Gasteiger partial charge in [0.2, 0.25) is 0 Å². The lowest BCUT2D eigenvalue weighted by molar-refractivity contribution is -0.386. The monoisotopic (exact) mass is 377 g/mol. The number of ether oxygens (including phenoxy) is 3. The van der Waals surface area contributed by atoms with Gasteiger partial charge >= 0.3 is 11.7 Å². The van der Waals surface area contributed by atoms with E-state index in [1.807, 2.05) is 19.1 Å². The first-order valence-electron chi connectivity index (χ1n) is 8.62. The minimum Gasteiger partial charge on any atom is -0.494 e. The number of hydrogen-bond acceptors (Lipinski definition) is 7. The van der Waals surface area contributed by atoms with E-state index in [1.165, 1.54) is 11.6 Å². The second-order valence-electron chi connectivity index (χ2n) is 5.82. The standard InChI is InChI=1S/C18H23N3O6/c1-4-9-25-15-5-7-16(8-6-15)26-10-11-27-17(22)12-20-14(3)18(21(23)24)13(2)19-20/h5-8H,4,9-12H2,1-3H3. The summed E-state index contributed by atoms with van der Waals surface area (Å²) >= 11 is 0. The lowest BCUT2D eigenvalue weighted by Gasteiger charge is -2.09. The number of aromatic nitrogens is 2. The van der Waals surface area contributed by atoms with Crippen molar-refractivity contribution in [1.29, 1.82) is 0 Å². The molecule has 0 fully saturated rings. The van der Waals surface area contributed by atoms with Crippen molar-refractivity contribution < 1.29 is 23.9 Å². The molecule has 1 aromatic carbocycles. The van der Waals surface area contributed by atoms with Crippen molar-refractivity contribution in [3.05, 3.63) is 45.8 Å². The van der Waals surface area contributed by atoms with E-state index in [2.05, 4.69) is 5.10 Å². The number of aryl methyl sites for hydroxylation is 1. The van der Waals surface area contributed by atoms with Crippen LogP contribution < -0.4 is 9.47 Å². The molecule has 0 atom stereocenters. The van der Waals surface area contributed by atoms with Gasteiger partial charge in [0, 0.05) is 0 Å². The van der Waals surface area contributed by atoms with Crippen molar-refractivity contribution in [2.24, 2.45) is 0 Å². The molecule has 9 nitrogen and oxygen atoms in total. The van der Waals surface area contributed by atoms with Crippen LogP contribution in [0, 0.1) is 24.0 Å². The molecule has 0 aliphatic rings. The molecule has 0 aliphatic heterocycles. The van der Waals surface area contributed by atoms with Gasteiger partial charge in [0.05, 0.1) is 11.5 Å². The molecule has 1 heterocycles. The molecule has 0 aliphatic carbocycles. The molecule has 0 unspecified atom stereocenters. The molecule has 0 radical (unpaired) electrons. The molecule has 0 spiro atoms. The van der Waals surface area contributed by atoms with Gasteiger partial charge in [0.25, 0.3) is 0 Å². The summed E-state index contributed by atoms with van der Waals surface area (Å²) in [6.07, 6.45) is 0.939. The van der Waals surface area contributed by atoms with Crippen molar-refractivity contribution in [3.63, 3.8) is 0 Å². The number of carbonyl (C=O) groups is 1. The third kappa shape index (κ3) is 5.70. The third-order valence-electron chi connectivity index (χ3n) is 3.72. The smallest absolute Gasteiger partial charge is 0.327 e. The van der Waals surface area contributed by atoms with Crippen LogP contribution in [0.3, 0.4) is 0 Å². The first-order chi connectivity index (χ1) is 12.9. The fourth-order valence-electron chi connectivity index (χ4n) is 2.44. The number of nitrogens with zero attached hydrogens (tertiary/aromatic N) is 3. The molecular formula is C18H23N3O6.